The van der Waals surface area contributed by atoms with E-state index in [1.807, 2.05) is 21.0 Å². The van der Waals surface area contributed by atoms with Crippen LogP contribution in [0.2, 0.25) is 0 Å². The third-order valence-electron chi connectivity index (χ3n) is 1.04. The zero-order valence-electron chi connectivity index (χ0n) is 9.21. The van der Waals surface area contributed by atoms with E-state index in [0.29, 0.717) is 19.8 Å². The molecule has 0 heterocycles. The number of aliphatic carboxylic acids is 1. The molecule has 0 bridgehead atoms. The number of nitrogens with one attached hydrogen (secondary N) is 1. The maximum Gasteiger partial charge on any atom is 0.305 e. The maximum absolute atomic E-state index is 9.98. The van der Waals surface area contributed by atoms with Gasteiger partial charge in [-0.05, 0) is 21.0 Å². The highest BCUT2D eigenvalue weighted by Gasteiger charge is 1.95. The standard InChI is InChI=1S/C7H14O4.C2H7N/c1-2-10-5-6-11-4-3-7(8)9;1-3-2/h2-6H2,1H3,(H,8,9);3H,1-2H3. The van der Waals surface area contributed by atoms with Crippen LogP contribution in [0.5, 0.6) is 0 Å². The molecule has 5 heteroatoms. The van der Waals surface area contributed by atoms with Crippen molar-refractivity contribution >= 4 is 5.97 Å². The van der Waals surface area contributed by atoms with E-state index >= 15 is 0 Å². The third-order valence-corrected chi connectivity index (χ3v) is 1.04. The summed E-state index contributed by atoms with van der Waals surface area (Å²) in [6.45, 7) is 3.85. The van der Waals surface area contributed by atoms with E-state index in [1.165, 1.54) is 0 Å². The highest BCUT2D eigenvalue weighted by atomic mass is 16.5. The van der Waals surface area contributed by atoms with Crippen LogP contribution in [0.25, 0.3) is 0 Å². The van der Waals surface area contributed by atoms with Crippen LogP contribution >= 0.6 is 0 Å². The monoisotopic (exact) mass is 207 g/mol. The summed E-state index contributed by atoms with van der Waals surface area (Å²) in [6, 6.07) is 0. The average Bonchev–Trinajstić information content (AvgIpc) is 2.12. The molecule has 2 N–H and O–H groups in total. The van der Waals surface area contributed by atoms with Gasteiger partial charge in [0.2, 0.25) is 0 Å². The Kier molecular flexibility index (Phi) is 16.8. The SMILES string of the molecule is CCOCCOCCC(=O)O.CNC. The second-order valence-corrected chi connectivity index (χ2v) is 2.45. The van der Waals surface area contributed by atoms with E-state index in [9.17, 15) is 4.79 Å². The lowest BCUT2D eigenvalue weighted by atomic mass is 10.5. The summed E-state index contributed by atoms with van der Waals surface area (Å²) in [4.78, 5) is 9.98. The van der Waals surface area contributed by atoms with Gasteiger partial charge in [-0.1, -0.05) is 0 Å². The summed E-state index contributed by atoms with van der Waals surface area (Å²) in [5.41, 5.74) is 0. The first-order valence-corrected chi connectivity index (χ1v) is 4.64. The number of carboxylic acid groups (broad SMARTS) is 1. The van der Waals surface area contributed by atoms with Gasteiger partial charge < -0.3 is 19.9 Å². The van der Waals surface area contributed by atoms with Crippen LogP contribution in [0.1, 0.15) is 13.3 Å². The number of hydrogen-bond donors (Lipinski definition) is 2. The zero-order chi connectivity index (χ0) is 11.2. The molecule has 86 valence electrons. The number of carboxylic acids is 1. The Morgan fingerprint density at radius 3 is 2.14 bits per heavy atom. The van der Waals surface area contributed by atoms with Crippen LogP contribution in [0.4, 0.5) is 0 Å². The minimum atomic E-state index is -0.832. The largest absolute Gasteiger partial charge is 0.481 e. The highest BCUT2D eigenvalue weighted by molar-refractivity contribution is 5.66. The fraction of sp³-hybridized carbons (Fsp3) is 0.889. The van der Waals surface area contributed by atoms with E-state index in [1.54, 1.807) is 0 Å². The minimum Gasteiger partial charge on any atom is -0.481 e. The lowest BCUT2D eigenvalue weighted by Gasteiger charge is -2.01. The molecule has 0 unspecified atom stereocenters. The molecule has 0 aromatic rings. The van der Waals surface area contributed by atoms with Gasteiger partial charge in [-0.3, -0.25) is 4.79 Å². The van der Waals surface area contributed by atoms with E-state index in [4.69, 9.17) is 14.6 Å². The van der Waals surface area contributed by atoms with Crippen molar-refractivity contribution in [2.75, 3.05) is 40.5 Å². The molecule has 0 amide bonds. The van der Waals surface area contributed by atoms with E-state index in [0.717, 1.165) is 0 Å². The first-order valence-electron chi connectivity index (χ1n) is 4.64. The average molecular weight is 207 g/mol. The Balaban J connectivity index is 0. The Morgan fingerprint density at radius 1 is 1.21 bits per heavy atom. The van der Waals surface area contributed by atoms with Gasteiger partial charge in [-0.25, -0.2) is 0 Å². The predicted molar refractivity (Wildman–Crippen MR) is 54.5 cm³/mol. The van der Waals surface area contributed by atoms with Gasteiger partial charge >= 0.3 is 5.97 Å². The van der Waals surface area contributed by atoms with E-state index in [-0.39, 0.29) is 13.0 Å². The molecule has 0 aliphatic heterocycles. The Hall–Kier alpha value is -0.650. The molecule has 0 atom stereocenters. The van der Waals surface area contributed by atoms with Crippen molar-refractivity contribution in [3.8, 4) is 0 Å². The van der Waals surface area contributed by atoms with Crippen LogP contribution in [-0.4, -0.2) is 51.6 Å². The Bertz CT molecular complexity index is 119. The Labute approximate surface area is 85.4 Å². The van der Waals surface area contributed by atoms with Crippen molar-refractivity contribution in [3.05, 3.63) is 0 Å². The van der Waals surface area contributed by atoms with Crippen molar-refractivity contribution in [1.82, 2.24) is 5.32 Å². The topological polar surface area (TPSA) is 67.8 Å². The number of ether oxygens (including phenoxy) is 2. The van der Waals surface area contributed by atoms with Gasteiger partial charge in [0, 0.05) is 6.61 Å². The summed E-state index contributed by atoms with van der Waals surface area (Å²) < 4.78 is 9.91. The molecule has 0 saturated carbocycles. The highest BCUT2D eigenvalue weighted by Crippen LogP contribution is 1.83. The van der Waals surface area contributed by atoms with Crippen LogP contribution in [0.3, 0.4) is 0 Å². The minimum absolute atomic E-state index is 0.0616. The fourth-order valence-corrected chi connectivity index (χ4v) is 0.524. The summed E-state index contributed by atoms with van der Waals surface area (Å²) in [7, 11) is 3.75. The second-order valence-electron chi connectivity index (χ2n) is 2.45. The Morgan fingerprint density at radius 2 is 1.71 bits per heavy atom. The molecular weight excluding hydrogens is 186 g/mol. The first kappa shape index (κ1) is 15.8. The van der Waals surface area contributed by atoms with Crippen molar-refractivity contribution in [2.45, 2.75) is 13.3 Å². The fourth-order valence-electron chi connectivity index (χ4n) is 0.524. The predicted octanol–water partition coefficient (Wildman–Crippen LogP) is 0.350. The molecule has 0 aromatic heterocycles. The van der Waals surface area contributed by atoms with Crippen molar-refractivity contribution in [3.63, 3.8) is 0 Å². The second kappa shape index (κ2) is 14.9. The lowest BCUT2D eigenvalue weighted by molar-refractivity contribution is -0.138. The first-order chi connectivity index (χ1) is 6.68. The molecule has 0 radical (unpaired) electrons. The molecule has 14 heavy (non-hydrogen) atoms. The quantitative estimate of drug-likeness (QED) is 0.590. The maximum atomic E-state index is 9.98. The smallest absolute Gasteiger partial charge is 0.305 e. The van der Waals surface area contributed by atoms with Gasteiger partial charge in [-0.2, -0.15) is 0 Å². The normalized spacial score (nSPS) is 9.07. The molecule has 0 rings (SSSR count). The van der Waals surface area contributed by atoms with Crippen LogP contribution in [0, 0.1) is 0 Å². The van der Waals surface area contributed by atoms with Crippen LogP contribution in [0.15, 0.2) is 0 Å². The van der Waals surface area contributed by atoms with Crippen molar-refractivity contribution < 1.29 is 19.4 Å². The van der Waals surface area contributed by atoms with Crippen LogP contribution in [-0.2, 0) is 14.3 Å². The van der Waals surface area contributed by atoms with Gasteiger partial charge in [-0.15, -0.1) is 0 Å². The molecule has 5 nitrogen and oxygen atoms in total. The number of rotatable bonds is 7. The molecule has 0 aliphatic carbocycles. The van der Waals surface area contributed by atoms with Crippen LogP contribution < -0.4 is 5.32 Å². The van der Waals surface area contributed by atoms with E-state index < -0.39 is 5.97 Å². The molecule has 0 saturated heterocycles. The number of carbonyl (C=O) groups is 1. The van der Waals surface area contributed by atoms with Gasteiger partial charge in [0.25, 0.3) is 0 Å². The summed E-state index contributed by atoms with van der Waals surface area (Å²) in [5, 5.41) is 11.0. The third kappa shape index (κ3) is 22.5. The molecular formula is C9H21NO4. The lowest BCUT2D eigenvalue weighted by Crippen LogP contribution is -2.07. The van der Waals surface area contributed by atoms with Gasteiger partial charge in [0.15, 0.2) is 0 Å². The van der Waals surface area contributed by atoms with E-state index in [2.05, 4.69) is 5.32 Å². The summed E-state index contributed by atoms with van der Waals surface area (Å²) >= 11 is 0. The zero-order valence-corrected chi connectivity index (χ0v) is 9.21. The molecule has 0 spiro atoms. The molecule has 0 fully saturated rings. The van der Waals surface area contributed by atoms with Crippen molar-refractivity contribution in [2.24, 2.45) is 0 Å². The summed E-state index contributed by atoms with van der Waals surface area (Å²) in [6.07, 6.45) is 0.0616. The summed E-state index contributed by atoms with van der Waals surface area (Å²) in [5.74, 6) is -0.832. The molecule has 0 aromatic carbocycles. The van der Waals surface area contributed by atoms with Gasteiger partial charge in [0.05, 0.1) is 26.2 Å². The van der Waals surface area contributed by atoms with Crippen molar-refractivity contribution in [1.29, 1.82) is 0 Å². The molecule has 0 aliphatic rings. The van der Waals surface area contributed by atoms with Gasteiger partial charge in [0.1, 0.15) is 0 Å². The number of hydrogen-bond acceptors (Lipinski definition) is 4.